The molecule has 0 aliphatic heterocycles. The van der Waals surface area contributed by atoms with E-state index in [-0.39, 0.29) is 23.4 Å². The molecule has 1 aromatic carbocycles. The van der Waals surface area contributed by atoms with E-state index >= 15 is 0 Å². The number of nitrogens with zero attached hydrogens (tertiary/aromatic N) is 1. The average Bonchev–Trinajstić information content (AvgIpc) is 3.11. The summed E-state index contributed by atoms with van der Waals surface area (Å²) in [7, 11) is 0. The van der Waals surface area contributed by atoms with E-state index in [4.69, 9.17) is 9.84 Å². The van der Waals surface area contributed by atoms with Crippen LogP contribution in [0.1, 0.15) is 35.4 Å². The molecule has 1 aromatic heterocycles. The van der Waals surface area contributed by atoms with Crippen molar-refractivity contribution < 1.29 is 19.4 Å². The smallest absolute Gasteiger partial charge is 0.335 e. The molecule has 1 aliphatic carbocycles. The Balaban J connectivity index is 1.84. The second kappa shape index (κ2) is 4.63. The molecule has 0 unspecified atom stereocenters. The number of aromatic carboxylic acids is 1. The quantitative estimate of drug-likeness (QED) is 0.831. The van der Waals surface area contributed by atoms with Crippen LogP contribution in [0, 0.1) is 5.92 Å². The van der Waals surface area contributed by atoms with Gasteiger partial charge in [0.15, 0.2) is 0 Å². The standard InChI is InChI=1S/C14H14N2O4/c1-2-20-14(19)9-6-8(9)12-15-10-4-3-7(13(17)18)5-11(10)16-12/h3-5,8-9H,2,6H2,1H3,(H,15,16)(H,17,18)/t8-,9+/m0/s1. The monoisotopic (exact) mass is 274 g/mol. The maximum atomic E-state index is 11.6. The number of nitrogens with one attached hydrogen (secondary N) is 1. The van der Waals surface area contributed by atoms with Gasteiger partial charge in [0, 0.05) is 5.92 Å². The highest BCUT2D eigenvalue weighted by Gasteiger charge is 2.47. The fourth-order valence-corrected chi connectivity index (χ4v) is 2.34. The Morgan fingerprint density at radius 1 is 1.50 bits per heavy atom. The number of esters is 1. The molecule has 0 saturated heterocycles. The Bertz CT molecular complexity index is 692. The summed E-state index contributed by atoms with van der Waals surface area (Å²) >= 11 is 0. The highest BCUT2D eigenvalue weighted by molar-refractivity contribution is 5.92. The molecule has 3 rings (SSSR count). The largest absolute Gasteiger partial charge is 0.478 e. The fraction of sp³-hybridized carbons (Fsp3) is 0.357. The Morgan fingerprint density at radius 2 is 2.30 bits per heavy atom. The van der Waals surface area contributed by atoms with E-state index in [1.54, 1.807) is 19.1 Å². The van der Waals surface area contributed by atoms with E-state index < -0.39 is 5.97 Å². The van der Waals surface area contributed by atoms with Crippen molar-refractivity contribution in [3.8, 4) is 0 Å². The molecule has 1 fully saturated rings. The Hall–Kier alpha value is -2.37. The molecule has 2 atom stereocenters. The normalized spacial score (nSPS) is 20.9. The number of aromatic amines is 1. The van der Waals surface area contributed by atoms with Crippen molar-refractivity contribution in [1.82, 2.24) is 9.97 Å². The van der Waals surface area contributed by atoms with Gasteiger partial charge in [0.1, 0.15) is 5.82 Å². The van der Waals surface area contributed by atoms with Gasteiger partial charge in [-0.25, -0.2) is 9.78 Å². The molecule has 1 heterocycles. The van der Waals surface area contributed by atoms with E-state index in [1.165, 1.54) is 6.07 Å². The van der Waals surface area contributed by atoms with Gasteiger partial charge in [-0.2, -0.15) is 0 Å². The van der Waals surface area contributed by atoms with E-state index in [2.05, 4.69) is 9.97 Å². The SMILES string of the molecule is CCOC(=O)[C@@H]1C[C@@H]1c1nc2ccc(C(=O)O)cc2[nH]1. The number of fused-ring (bicyclic) bond motifs is 1. The van der Waals surface area contributed by atoms with Gasteiger partial charge in [0.05, 0.1) is 29.1 Å². The first kappa shape index (κ1) is 12.7. The number of H-pyrrole nitrogens is 1. The number of carbonyl (C=O) groups excluding carboxylic acids is 1. The first-order chi connectivity index (χ1) is 9.60. The molecular weight excluding hydrogens is 260 g/mol. The zero-order valence-electron chi connectivity index (χ0n) is 10.9. The van der Waals surface area contributed by atoms with Crippen LogP contribution in [0.25, 0.3) is 11.0 Å². The van der Waals surface area contributed by atoms with Gasteiger partial charge in [-0.15, -0.1) is 0 Å². The van der Waals surface area contributed by atoms with Crippen molar-refractivity contribution in [2.75, 3.05) is 6.61 Å². The number of carboxylic acid groups (broad SMARTS) is 1. The van der Waals surface area contributed by atoms with Gasteiger partial charge in [-0.1, -0.05) is 0 Å². The fourth-order valence-electron chi connectivity index (χ4n) is 2.34. The molecule has 1 aliphatic rings. The van der Waals surface area contributed by atoms with Gasteiger partial charge >= 0.3 is 11.9 Å². The molecule has 2 N–H and O–H groups in total. The maximum Gasteiger partial charge on any atom is 0.335 e. The minimum absolute atomic E-state index is 0.0507. The predicted octanol–water partition coefficient (Wildman–Crippen LogP) is 1.93. The summed E-state index contributed by atoms with van der Waals surface area (Å²) in [5.74, 6) is -0.521. The predicted molar refractivity (Wildman–Crippen MR) is 70.5 cm³/mol. The van der Waals surface area contributed by atoms with Gasteiger partial charge < -0.3 is 14.8 Å². The Labute approximate surface area is 114 Å². The van der Waals surface area contributed by atoms with Crippen molar-refractivity contribution in [1.29, 1.82) is 0 Å². The van der Waals surface area contributed by atoms with Crippen LogP contribution in [0.5, 0.6) is 0 Å². The number of imidazole rings is 1. The van der Waals surface area contributed by atoms with Gasteiger partial charge in [-0.3, -0.25) is 4.79 Å². The van der Waals surface area contributed by atoms with Crippen molar-refractivity contribution in [3.63, 3.8) is 0 Å². The zero-order chi connectivity index (χ0) is 14.3. The van der Waals surface area contributed by atoms with Crippen molar-refractivity contribution in [3.05, 3.63) is 29.6 Å². The minimum atomic E-state index is -0.973. The molecule has 0 amide bonds. The highest BCUT2D eigenvalue weighted by Crippen LogP contribution is 2.47. The first-order valence-corrected chi connectivity index (χ1v) is 6.49. The number of ether oxygens (including phenoxy) is 1. The molecular formula is C14H14N2O4. The summed E-state index contributed by atoms with van der Waals surface area (Å²) in [6, 6.07) is 4.74. The molecule has 2 aromatic rings. The van der Waals surface area contributed by atoms with Crippen LogP contribution in [0.15, 0.2) is 18.2 Å². The zero-order valence-corrected chi connectivity index (χ0v) is 10.9. The summed E-state index contributed by atoms with van der Waals surface area (Å²) in [5.41, 5.74) is 1.60. The van der Waals surface area contributed by atoms with Crippen LogP contribution in [-0.4, -0.2) is 33.6 Å². The third-order valence-corrected chi connectivity index (χ3v) is 3.48. The second-order valence-corrected chi connectivity index (χ2v) is 4.86. The molecule has 0 bridgehead atoms. The molecule has 0 radical (unpaired) electrons. The number of hydrogen-bond acceptors (Lipinski definition) is 4. The van der Waals surface area contributed by atoms with E-state index in [1.807, 2.05) is 0 Å². The first-order valence-electron chi connectivity index (χ1n) is 6.49. The summed E-state index contributed by atoms with van der Waals surface area (Å²) in [6.45, 7) is 2.16. The van der Waals surface area contributed by atoms with Gasteiger partial charge in [0.25, 0.3) is 0 Å². The van der Waals surface area contributed by atoms with Gasteiger partial charge in [-0.05, 0) is 31.5 Å². The molecule has 104 valence electrons. The maximum absolute atomic E-state index is 11.6. The highest BCUT2D eigenvalue weighted by atomic mass is 16.5. The van der Waals surface area contributed by atoms with E-state index in [0.717, 1.165) is 12.2 Å². The van der Waals surface area contributed by atoms with Crippen LogP contribution in [0.4, 0.5) is 0 Å². The lowest BCUT2D eigenvalue weighted by Gasteiger charge is -1.98. The van der Waals surface area contributed by atoms with E-state index in [9.17, 15) is 9.59 Å². The summed E-state index contributed by atoms with van der Waals surface area (Å²) in [6.07, 6.45) is 0.727. The number of carbonyl (C=O) groups is 2. The molecule has 6 heteroatoms. The number of carboxylic acids is 1. The summed E-state index contributed by atoms with van der Waals surface area (Å²) < 4.78 is 4.98. The molecule has 0 spiro atoms. The van der Waals surface area contributed by atoms with Crippen molar-refractivity contribution in [2.24, 2.45) is 5.92 Å². The Morgan fingerprint density at radius 3 is 3.00 bits per heavy atom. The number of hydrogen-bond donors (Lipinski definition) is 2. The topological polar surface area (TPSA) is 92.3 Å². The van der Waals surface area contributed by atoms with E-state index in [0.29, 0.717) is 17.6 Å². The Kier molecular flexibility index (Phi) is 2.93. The number of benzene rings is 1. The van der Waals surface area contributed by atoms with Crippen LogP contribution in [-0.2, 0) is 9.53 Å². The summed E-state index contributed by atoms with van der Waals surface area (Å²) in [4.78, 5) is 30.0. The molecule has 6 nitrogen and oxygen atoms in total. The minimum Gasteiger partial charge on any atom is -0.478 e. The van der Waals surface area contributed by atoms with Crippen LogP contribution in [0.2, 0.25) is 0 Å². The molecule has 20 heavy (non-hydrogen) atoms. The average molecular weight is 274 g/mol. The third-order valence-electron chi connectivity index (χ3n) is 3.48. The summed E-state index contributed by atoms with van der Waals surface area (Å²) in [5, 5.41) is 8.95. The third kappa shape index (κ3) is 2.13. The number of rotatable bonds is 4. The molecule has 1 saturated carbocycles. The van der Waals surface area contributed by atoms with Crippen molar-refractivity contribution >= 4 is 23.0 Å². The van der Waals surface area contributed by atoms with Crippen molar-refractivity contribution in [2.45, 2.75) is 19.3 Å². The van der Waals surface area contributed by atoms with Crippen LogP contribution < -0.4 is 0 Å². The lowest BCUT2D eigenvalue weighted by atomic mass is 10.2. The van der Waals surface area contributed by atoms with Crippen LogP contribution in [0.3, 0.4) is 0 Å². The number of aromatic nitrogens is 2. The lowest BCUT2D eigenvalue weighted by Crippen LogP contribution is -2.07. The lowest BCUT2D eigenvalue weighted by molar-refractivity contribution is -0.144. The van der Waals surface area contributed by atoms with Crippen LogP contribution >= 0.6 is 0 Å². The second-order valence-electron chi connectivity index (χ2n) is 4.86. The van der Waals surface area contributed by atoms with Gasteiger partial charge in [0.2, 0.25) is 0 Å².